The molecular weight excluding hydrogens is 204 g/mol. The molecule has 4 heteroatoms. The first-order valence-electron chi connectivity index (χ1n) is 5.99. The summed E-state index contributed by atoms with van der Waals surface area (Å²) in [5.74, 6) is 0. The fourth-order valence-corrected chi connectivity index (χ4v) is 2.44. The molecule has 4 nitrogen and oxygen atoms in total. The van der Waals surface area contributed by atoms with Crippen LogP contribution in [-0.2, 0) is 0 Å². The van der Waals surface area contributed by atoms with Gasteiger partial charge in [-0.1, -0.05) is 0 Å². The highest BCUT2D eigenvalue weighted by molar-refractivity contribution is 5.66. The summed E-state index contributed by atoms with van der Waals surface area (Å²) in [6.07, 6.45) is 0.144. The van der Waals surface area contributed by atoms with E-state index in [0.717, 1.165) is 19.5 Å². The Labute approximate surface area is 98.2 Å². The predicted molar refractivity (Wildman–Crippen MR) is 64.7 cm³/mol. The van der Waals surface area contributed by atoms with E-state index in [-0.39, 0.29) is 11.6 Å². The number of amides is 1. The van der Waals surface area contributed by atoms with Crippen molar-refractivity contribution >= 4 is 6.09 Å². The minimum Gasteiger partial charge on any atom is -0.465 e. The maximum Gasteiger partial charge on any atom is 0.408 e. The van der Waals surface area contributed by atoms with Crippen molar-refractivity contribution in [3.63, 3.8) is 0 Å². The summed E-state index contributed by atoms with van der Waals surface area (Å²) in [6, 6.07) is 0.639. The monoisotopic (exact) mass is 228 g/mol. The number of carbonyl (C=O) groups is 1. The van der Waals surface area contributed by atoms with Gasteiger partial charge in [0.25, 0.3) is 0 Å². The molecule has 0 spiro atoms. The molecule has 0 aromatic carbocycles. The van der Waals surface area contributed by atoms with Crippen LogP contribution in [0.4, 0.5) is 4.79 Å². The van der Waals surface area contributed by atoms with Crippen molar-refractivity contribution in [1.29, 1.82) is 0 Å². The van der Waals surface area contributed by atoms with E-state index in [9.17, 15) is 9.90 Å². The summed E-state index contributed by atoms with van der Waals surface area (Å²) in [6.45, 7) is 12.1. The molecule has 0 bridgehead atoms. The van der Waals surface area contributed by atoms with E-state index in [2.05, 4.69) is 18.7 Å². The molecule has 1 saturated heterocycles. The topological polar surface area (TPSA) is 43.8 Å². The zero-order valence-electron chi connectivity index (χ0n) is 11.0. The number of nitrogens with zero attached hydrogens (tertiary/aromatic N) is 2. The lowest BCUT2D eigenvalue weighted by molar-refractivity contribution is 0.0708. The lowest BCUT2D eigenvalue weighted by Gasteiger charge is -2.38. The van der Waals surface area contributed by atoms with E-state index in [1.54, 1.807) is 4.90 Å². The molecule has 0 aromatic rings. The van der Waals surface area contributed by atoms with Crippen molar-refractivity contribution in [3.05, 3.63) is 0 Å². The molecule has 16 heavy (non-hydrogen) atoms. The van der Waals surface area contributed by atoms with E-state index in [1.807, 2.05) is 20.8 Å². The molecule has 1 fully saturated rings. The van der Waals surface area contributed by atoms with Crippen molar-refractivity contribution in [1.82, 2.24) is 9.80 Å². The first kappa shape index (κ1) is 13.3. The average molecular weight is 228 g/mol. The molecule has 1 rings (SSSR count). The molecule has 1 atom stereocenters. The zero-order valence-corrected chi connectivity index (χ0v) is 11.0. The summed E-state index contributed by atoms with van der Waals surface area (Å²) in [5.41, 5.74) is -0.316. The van der Waals surface area contributed by atoms with E-state index in [0.29, 0.717) is 6.04 Å². The fourth-order valence-electron chi connectivity index (χ4n) is 2.44. The van der Waals surface area contributed by atoms with E-state index in [4.69, 9.17) is 0 Å². The van der Waals surface area contributed by atoms with E-state index >= 15 is 0 Å². The van der Waals surface area contributed by atoms with Crippen LogP contribution in [0.3, 0.4) is 0 Å². The lowest BCUT2D eigenvalue weighted by Crippen LogP contribution is -2.52. The first-order valence-corrected chi connectivity index (χ1v) is 5.99. The third-order valence-electron chi connectivity index (χ3n) is 3.22. The zero-order chi connectivity index (χ0) is 12.5. The van der Waals surface area contributed by atoms with Gasteiger partial charge in [0.2, 0.25) is 0 Å². The molecule has 0 aromatic heterocycles. The first-order chi connectivity index (χ1) is 7.23. The average Bonchev–Trinajstić information content (AvgIpc) is 2.49. The smallest absolute Gasteiger partial charge is 0.408 e. The normalized spacial score (nSPS) is 22.8. The third kappa shape index (κ3) is 2.88. The Morgan fingerprint density at radius 2 is 2.00 bits per heavy atom. The summed E-state index contributed by atoms with van der Waals surface area (Å²) in [5, 5.41) is 9.30. The summed E-state index contributed by atoms with van der Waals surface area (Å²) in [4.78, 5) is 15.3. The second kappa shape index (κ2) is 4.62. The molecule has 1 aliphatic heterocycles. The van der Waals surface area contributed by atoms with Gasteiger partial charge in [-0.15, -0.1) is 0 Å². The highest BCUT2D eigenvalue weighted by Gasteiger charge is 2.37. The van der Waals surface area contributed by atoms with Gasteiger partial charge in [0, 0.05) is 30.7 Å². The van der Waals surface area contributed by atoms with Crippen LogP contribution in [0.5, 0.6) is 0 Å². The fraction of sp³-hybridized carbons (Fsp3) is 0.917. The van der Waals surface area contributed by atoms with Crippen LogP contribution in [0.1, 0.15) is 41.0 Å². The van der Waals surface area contributed by atoms with Crippen LogP contribution in [0.15, 0.2) is 0 Å². The van der Waals surface area contributed by atoms with Crippen LogP contribution < -0.4 is 0 Å². The Bertz CT molecular complexity index is 258. The summed E-state index contributed by atoms with van der Waals surface area (Å²) < 4.78 is 0. The minimum atomic E-state index is -0.803. The van der Waals surface area contributed by atoms with Crippen molar-refractivity contribution < 1.29 is 9.90 Å². The third-order valence-corrected chi connectivity index (χ3v) is 3.22. The Morgan fingerprint density at radius 3 is 2.31 bits per heavy atom. The Morgan fingerprint density at radius 1 is 1.44 bits per heavy atom. The molecular formula is C12H24N2O2. The molecule has 1 unspecified atom stereocenters. The summed E-state index contributed by atoms with van der Waals surface area (Å²) in [7, 11) is 0. The van der Waals surface area contributed by atoms with Gasteiger partial charge >= 0.3 is 6.09 Å². The van der Waals surface area contributed by atoms with Gasteiger partial charge in [-0.3, -0.25) is 9.80 Å². The quantitative estimate of drug-likeness (QED) is 0.788. The highest BCUT2D eigenvalue weighted by Crippen LogP contribution is 2.24. The van der Waals surface area contributed by atoms with E-state index < -0.39 is 6.09 Å². The predicted octanol–water partition coefficient (Wildman–Crippen LogP) is 2.25. The van der Waals surface area contributed by atoms with Crippen LogP contribution in [0, 0.1) is 0 Å². The summed E-state index contributed by atoms with van der Waals surface area (Å²) >= 11 is 0. The van der Waals surface area contributed by atoms with Crippen LogP contribution >= 0.6 is 0 Å². The molecule has 1 N–H and O–H groups in total. The van der Waals surface area contributed by atoms with Gasteiger partial charge in [0.1, 0.15) is 0 Å². The van der Waals surface area contributed by atoms with E-state index in [1.165, 1.54) is 0 Å². The van der Waals surface area contributed by atoms with Gasteiger partial charge in [0.05, 0.1) is 0 Å². The van der Waals surface area contributed by atoms with Gasteiger partial charge in [-0.25, -0.2) is 4.79 Å². The van der Waals surface area contributed by atoms with Gasteiger partial charge in [-0.2, -0.15) is 0 Å². The van der Waals surface area contributed by atoms with Gasteiger partial charge < -0.3 is 5.11 Å². The van der Waals surface area contributed by atoms with Crippen molar-refractivity contribution in [2.24, 2.45) is 0 Å². The van der Waals surface area contributed by atoms with Crippen LogP contribution in [-0.4, -0.2) is 51.7 Å². The molecule has 0 aliphatic carbocycles. The molecule has 1 aliphatic rings. The largest absolute Gasteiger partial charge is 0.465 e. The van der Waals surface area contributed by atoms with Gasteiger partial charge in [-0.05, 0) is 41.0 Å². The maximum absolute atomic E-state index is 11.3. The number of hydrogen-bond acceptors (Lipinski definition) is 2. The number of rotatable bonds is 2. The highest BCUT2D eigenvalue weighted by atomic mass is 16.4. The molecule has 1 heterocycles. The van der Waals surface area contributed by atoms with Crippen molar-refractivity contribution in [3.8, 4) is 0 Å². The Balaban J connectivity index is 2.73. The Hall–Kier alpha value is -0.770. The number of hydrogen-bond donors (Lipinski definition) is 1. The molecule has 0 radical (unpaired) electrons. The maximum atomic E-state index is 11.3. The molecule has 1 amide bonds. The number of carboxylic acid groups (broad SMARTS) is 1. The standard InChI is InChI=1S/C12H24N2O2/c1-9(2)13-7-6-10(8-13)14(11(15)16)12(3,4)5/h9-10H,6-8H2,1-5H3,(H,15,16). The van der Waals surface area contributed by atoms with Crippen LogP contribution in [0.2, 0.25) is 0 Å². The van der Waals surface area contributed by atoms with Crippen molar-refractivity contribution in [2.75, 3.05) is 13.1 Å². The molecule has 0 saturated carbocycles. The molecule has 94 valence electrons. The SMILES string of the molecule is CC(C)N1CCC(N(C(=O)O)C(C)(C)C)C1. The van der Waals surface area contributed by atoms with Crippen LogP contribution in [0.25, 0.3) is 0 Å². The minimum absolute atomic E-state index is 0.139. The van der Waals surface area contributed by atoms with Gasteiger partial charge in [0.15, 0.2) is 0 Å². The van der Waals surface area contributed by atoms with Crippen molar-refractivity contribution in [2.45, 2.75) is 58.7 Å². The lowest BCUT2D eigenvalue weighted by atomic mass is 10.0. The number of likely N-dealkylation sites (tertiary alicyclic amines) is 1. The Kier molecular flexibility index (Phi) is 3.84. The second-order valence-corrected chi connectivity index (χ2v) is 5.85. The second-order valence-electron chi connectivity index (χ2n) is 5.85.